The van der Waals surface area contributed by atoms with Crippen molar-refractivity contribution >= 4 is 23.3 Å². The van der Waals surface area contributed by atoms with E-state index in [2.05, 4.69) is 14.9 Å². The number of nitrogens with zero attached hydrogens (tertiary/aromatic N) is 3. The summed E-state index contributed by atoms with van der Waals surface area (Å²) >= 11 is 1.11. The fourth-order valence-electron chi connectivity index (χ4n) is 3.43. The highest BCUT2D eigenvalue weighted by molar-refractivity contribution is 7.03. The highest BCUT2D eigenvalue weighted by atomic mass is 32.1. The molecule has 0 radical (unpaired) electrons. The third kappa shape index (κ3) is 4.33. The van der Waals surface area contributed by atoms with Crippen LogP contribution < -0.4 is 10.1 Å². The molecule has 1 saturated carbocycles. The second-order valence-corrected chi connectivity index (χ2v) is 7.69. The Labute approximate surface area is 178 Å². The molecule has 1 N–H and O–H groups in total. The number of amides is 2. The van der Waals surface area contributed by atoms with E-state index < -0.39 is 6.04 Å². The van der Waals surface area contributed by atoms with Gasteiger partial charge in [0, 0.05) is 23.5 Å². The Bertz CT molecular complexity index is 1010. The molecule has 8 heteroatoms. The predicted octanol–water partition coefficient (Wildman–Crippen LogP) is 3.21. The number of carbonyl (C=O) groups excluding carboxylic acids is 2. The maximum absolute atomic E-state index is 13.4. The first kappa shape index (κ1) is 20.0. The number of rotatable bonds is 8. The minimum atomic E-state index is -0.827. The predicted molar refractivity (Wildman–Crippen MR) is 113 cm³/mol. The zero-order valence-corrected chi connectivity index (χ0v) is 17.3. The van der Waals surface area contributed by atoms with Crippen LogP contribution in [-0.4, -0.2) is 39.5 Å². The van der Waals surface area contributed by atoms with Crippen molar-refractivity contribution in [3.05, 3.63) is 76.8 Å². The van der Waals surface area contributed by atoms with Gasteiger partial charge in [-0.05, 0) is 36.0 Å². The van der Waals surface area contributed by atoms with Gasteiger partial charge in [0.1, 0.15) is 11.8 Å². The van der Waals surface area contributed by atoms with Crippen LogP contribution in [-0.2, 0) is 11.3 Å². The fourth-order valence-corrected chi connectivity index (χ4v) is 3.86. The van der Waals surface area contributed by atoms with Gasteiger partial charge < -0.3 is 15.0 Å². The van der Waals surface area contributed by atoms with Crippen LogP contribution in [0, 0.1) is 0 Å². The third-order valence-electron chi connectivity index (χ3n) is 5.02. The Kier molecular flexibility index (Phi) is 6.04. The first-order valence-corrected chi connectivity index (χ1v) is 10.6. The van der Waals surface area contributed by atoms with E-state index >= 15 is 0 Å². The Morgan fingerprint density at radius 2 is 1.90 bits per heavy atom. The number of benzene rings is 2. The summed E-state index contributed by atoms with van der Waals surface area (Å²) in [5.74, 6) is 0.0102. The zero-order chi connectivity index (χ0) is 20.9. The maximum atomic E-state index is 13.4. The molecule has 1 fully saturated rings. The molecule has 2 amide bonds. The zero-order valence-electron chi connectivity index (χ0n) is 16.5. The molecule has 0 bridgehead atoms. The van der Waals surface area contributed by atoms with Crippen LogP contribution in [0.1, 0.15) is 40.5 Å². The number of para-hydroxylation sites is 1. The van der Waals surface area contributed by atoms with Gasteiger partial charge in [-0.15, -0.1) is 5.10 Å². The topological polar surface area (TPSA) is 84.4 Å². The molecule has 4 rings (SSSR count). The van der Waals surface area contributed by atoms with E-state index in [0.717, 1.165) is 29.9 Å². The summed E-state index contributed by atoms with van der Waals surface area (Å²) in [4.78, 5) is 28.4. The molecule has 1 heterocycles. The minimum absolute atomic E-state index is 0.0170. The van der Waals surface area contributed by atoms with Crippen molar-refractivity contribution in [1.82, 2.24) is 19.8 Å². The molecule has 1 aliphatic rings. The number of hydrogen-bond donors (Lipinski definition) is 1. The van der Waals surface area contributed by atoms with E-state index in [-0.39, 0.29) is 23.6 Å². The Balaban J connectivity index is 1.69. The normalized spacial score (nSPS) is 14.0. The molecule has 1 atom stereocenters. The summed E-state index contributed by atoms with van der Waals surface area (Å²) in [5, 5.41) is 8.53. The number of nitrogens with one attached hydrogen (secondary N) is 1. The molecule has 30 heavy (non-hydrogen) atoms. The molecule has 7 nitrogen and oxygen atoms in total. The van der Waals surface area contributed by atoms with Crippen LogP contribution in [0.25, 0.3) is 0 Å². The Morgan fingerprint density at radius 3 is 2.57 bits per heavy atom. The van der Waals surface area contributed by atoms with Gasteiger partial charge in [0.25, 0.3) is 5.91 Å². The van der Waals surface area contributed by atoms with Crippen LogP contribution in [0.3, 0.4) is 0 Å². The summed E-state index contributed by atoms with van der Waals surface area (Å²) in [7, 11) is 1.56. The SMILES string of the molecule is COc1ccccc1[C@@H](C(=O)NCc1ccccc1)N(C(=O)c1csnn1)C1CC1. The molecule has 3 aromatic rings. The first-order chi connectivity index (χ1) is 14.7. The molecule has 0 aliphatic heterocycles. The van der Waals surface area contributed by atoms with Crippen molar-refractivity contribution in [2.45, 2.75) is 31.5 Å². The summed E-state index contributed by atoms with van der Waals surface area (Å²) in [6.45, 7) is 0.371. The monoisotopic (exact) mass is 422 g/mol. The molecular formula is C22H22N4O3S. The van der Waals surface area contributed by atoms with Gasteiger partial charge in [0.05, 0.1) is 7.11 Å². The van der Waals surface area contributed by atoms with Crippen molar-refractivity contribution in [2.24, 2.45) is 0 Å². The second kappa shape index (κ2) is 9.04. The number of carbonyl (C=O) groups is 2. The summed E-state index contributed by atoms with van der Waals surface area (Å²) < 4.78 is 9.33. The van der Waals surface area contributed by atoms with E-state index in [1.165, 1.54) is 0 Å². The number of ether oxygens (including phenoxy) is 1. The van der Waals surface area contributed by atoms with Crippen molar-refractivity contribution in [3.63, 3.8) is 0 Å². The standard InChI is InChI=1S/C22H22N4O3S/c1-29-19-10-6-5-9-17(19)20(21(27)23-13-15-7-3-2-4-8-15)26(16-11-12-16)22(28)18-14-30-25-24-18/h2-10,14,16,20H,11-13H2,1H3,(H,23,27)/t20-/m0/s1. The molecular weight excluding hydrogens is 400 g/mol. The number of methoxy groups -OCH3 is 1. The Morgan fingerprint density at radius 1 is 1.17 bits per heavy atom. The molecule has 1 aromatic heterocycles. The molecule has 0 saturated heterocycles. The van der Waals surface area contributed by atoms with Crippen molar-refractivity contribution < 1.29 is 14.3 Å². The maximum Gasteiger partial charge on any atom is 0.276 e. The van der Waals surface area contributed by atoms with Crippen molar-refractivity contribution in [2.75, 3.05) is 7.11 Å². The summed E-state index contributed by atoms with van der Waals surface area (Å²) in [6.07, 6.45) is 1.70. The summed E-state index contributed by atoms with van der Waals surface area (Å²) in [6, 6.07) is 16.1. The van der Waals surface area contributed by atoms with E-state index in [1.54, 1.807) is 23.5 Å². The van der Waals surface area contributed by atoms with E-state index in [1.807, 2.05) is 48.5 Å². The molecule has 0 spiro atoms. The van der Waals surface area contributed by atoms with Crippen molar-refractivity contribution in [3.8, 4) is 5.75 Å². The van der Waals surface area contributed by atoms with E-state index in [0.29, 0.717) is 17.9 Å². The van der Waals surface area contributed by atoms with E-state index in [4.69, 9.17) is 4.74 Å². The smallest absolute Gasteiger partial charge is 0.276 e. The number of hydrogen-bond acceptors (Lipinski definition) is 6. The van der Waals surface area contributed by atoms with Gasteiger partial charge in [-0.2, -0.15) is 0 Å². The van der Waals surface area contributed by atoms with Gasteiger partial charge in [-0.3, -0.25) is 9.59 Å². The van der Waals surface area contributed by atoms with Crippen LogP contribution in [0.2, 0.25) is 0 Å². The molecule has 2 aromatic carbocycles. The molecule has 1 aliphatic carbocycles. The lowest BCUT2D eigenvalue weighted by atomic mass is 10.0. The van der Waals surface area contributed by atoms with Crippen LogP contribution in [0.15, 0.2) is 60.0 Å². The van der Waals surface area contributed by atoms with Gasteiger partial charge in [0.15, 0.2) is 5.69 Å². The second-order valence-electron chi connectivity index (χ2n) is 7.08. The van der Waals surface area contributed by atoms with Crippen LogP contribution in [0.5, 0.6) is 5.75 Å². The lowest BCUT2D eigenvalue weighted by Gasteiger charge is -2.31. The molecule has 154 valence electrons. The largest absolute Gasteiger partial charge is 0.496 e. The summed E-state index contributed by atoms with van der Waals surface area (Å²) in [5.41, 5.74) is 1.88. The number of aromatic nitrogens is 2. The average molecular weight is 423 g/mol. The Hall–Kier alpha value is -3.26. The third-order valence-corrected chi connectivity index (χ3v) is 5.53. The highest BCUT2D eigenvalue weighted by Gasteiger charge is 2.43. The molecule has 0 unspecified atom stereocenters. The highest BCUT2D eigenvalue weighted by Crippen LogP contribution is 2.38. The van der Waals surface area contributed by atoms with Gasteiger partial charge in [-0.1, -0.05) is 53.0 Å². The van der Waals surface area contributed by atoms with E-state index in [9.17, 15) is 9.59 Å². The minimum Gasteiger partial charge on any atom is -0.496 e. The van der Waals surface area contributed by atoms with Crippen molar-refractivity contribution in [1.29, 1.82) is 0 Å². The van der Waals surface area contributed by atoms with Crippen LogP contribution >= 0.6 is 11.5 Å². The fraction of sp³-hybridized carbons (Fsp3) is 0.273. The van der Waals surface area contributed by atoms with Crippen LogP contribution in [0.4, 0.5) is 0 Å². The quantitative estimate of drug-likeness (QED) is 0.603. The van der Waals surface area contributed by atoms with Gasteiger partial charge in [0.2, 0.25) is 5.91 Å². The average Bonchev–Trinajstić information content (AvgIpc) is 3.47. The van der Waals surface area contributed by atoms with Gasteiger partial charge >= 0.3 is 0 Å². The first-order valence-electron chi connectivity index (χ1n) is 9.73. The van der Waals surface area contributed by atoms with Gasteiger partial charge in [-0.25, -0.2) is 0 Å². The lowest BCUT2D eigenvalue weighted by molar-refractivity contribution is -0.126. The lowest BCUT2D eigenvalue weighted by Crippen LogP contribution is -2.45.